The van der Waals surface area contributed by atoms with E-state index >= 15 is 0 Å². The highest BCUT2D eigenvalue weighted by Gasteiger charge is 2.26. The average molecular weight is 325 g/mol. The number of rotatable bonds is 5. The highest BCUT2D eigenvalue weighted by Crippen LogP contribution is 2.27. The third kappa shape index (κ3) is 4.68. The van der Waals surface area contributed by atoms with Gasteiger partial charge >= 0.3 is 6.18 Å². The van der Waals surface area contributed by atoms with Crippen LogP contribution in [-0.4, -0.2) is 19.1 Å². The summed E-state index contributed by atoms with van der Waals surface area (Å²) in [6, 6.07) is 3.31. The van der Waals surface area contributed by atoms with Crippen molar-refractivity contribution in [2.45, 2.75) is 25.9 Å². The first kappa shape index (κ1) is 15.0. The number of ether oxygens (including phenoxy) is 1. The van der Waals surface area contributed by atoms with E-state index in [9.17, 15) is 18.0 Å². The summed E-state index contributed by atoms with van der Waals surface area (Å²) >= 11 is 3.23. The van der Waals surface area contributed by atoms with E-state index in [1.807, 2.05) is 0 Å². The van der Waals surface area contributed by atoms with Crippen LogP contribution in [0.1, 0.15) is 28.8 Å². The van der Waals surface area contributed by atoms with E-state index in [0.29, 0.717) is 23.2 Å². The van der Waals surface area contributed by atoms with Crippen LogP contribution in [0.5, 0.6) is 5.75 Å². The zero-order chi connectivity index (χ0) is 13.8. The van der Waals surface area contributed by atoms with Gasteiger partial charge in [-0.15, -0.1) is 0 Å². The van der Waals surface area contributed by atoms with Crippen LogP contribution in [0, 0.1) is 6.92 Å². The molecule has 1 aromatic rings. The van der Waals surface area contributed by atoms with Crippen molar-refractivity contribution in [1.29, 1.82) is 0 Å². The quantitative estimate of drug-likeness (QED) is 0.596. The molecule has 100 valence electrons. The van der Waals surface area contributed by atoms with Crippen LogP contribution in [0.25, 0.3) is 0 Å². The van der Waals surface area contributed by atoms with E-state index in [-0.39, 0.29) is 13.0 Å². The summed E-state index contributed by atoms with van der Waals surface area (Å²) in [5.41, 5.74) is 1.03. The van der Waals surface area contributed by atoms with E-state index in [4.69, 9.17) is 4.74 Å². The zero-order valence-corrected chi connectivity index (χ0v) is 11.3. The van der Waals surface area contributed by atoms with Gasteiger partial charge in [0.15, 0.2) is 6.29 Å². The lowest BCUT2D eigenvalue weighted by molar-refractivity contribution is -0.136. The van der Waals surface area contributed by atoms with Crippen LogP contribution < -0.4 is 4.74 Å². The van der Waals surface area contributed by atoms with Crippen LogP contribution in [0.2, 0.25) is 0 Å². The molecule has 0 radical (unpaired) electrons. The molecule has 0 atom stereocenters. The number of hydrogen-bond donors (Lipinski definition) is 0. The fourth-order valence-electron chi connectivity index (χ4n) is 1.49. The Hall–Kier alpha value is -1.04. The van der Waals surface area contributed by atoms with E-state index in [0.717, 1.165) is 4.47 Å². The summed E-state index contributed by atoms with van der Waals surface area (Å²) in [6.07, 6.45) is -4.57. The van der Waals surface area contributed by atoms with E-state index in [1.165, 1.54) is 0 Å². The third-order valence-corrected chi connectivity index (χ3v) is 2.70. The number of alkyl halides is 3. The Morgan fingerprint density at radius 2 is 2.06 bits per heavy atom. The van der Waals surface area contributed by atoms with Crippen LogP contribution in [0.4, 0.5) is 13.2 Å². The van der Waals surface area contributed by atoms with Crippen molar-refractivity contribution < 1.29 is 22.7 Å². The Balaban J connectivity index is 2.65. The fraction of sp³-hybridized carbons (Fsp3) is 0.417. The summed E-state index contributed by atoms with van der Waals surface area (Å²) in [4.78, 5) is 10.8. The normalized spacial score (nSPS) is 11.4. The number of aryl methyl sites for hydroxylation is 1. The second kappa shape index (κ2) is 6.22. The molecular formula is C12H12BrF3O2. The molecule has 0 aliphatic heterocycles. The van der Waals surface area contributed by atoms with Gasteiger partial charge in [-0.1, -0.05) is 15.9 Å². The van der Waals surface area contributed by atoms with Crippen molar-refractivity contribution in [3.63, 3.8) is 0 Å². The lowest BCUT2D eigenvalue weighted by Crippen LogP contribution is -2.10. The lowest BCUT2D eigenvalue weighted by atomic mass is 10.1. The fourth-order valence-corrected chi connectivity index (χ4v) is 2.08. The molecule has 0 spiro atoms. The standard InChI is InChI=1S/C12H12BrF3O2/c1-8-5-10(13)6-9(7-17)11(8)18-4-2-3-12(14,15)16/h5-7H,2-4H2,1H3. The molecule has 18 heavy (non-hydrogen) atoms. The summed E-state index contributed by atoms with van der Waals surface area (Å²) in [5.74, 6) is 0.343. The maximum atomic E-state index is 11.9. The topological polar surface area (TPSA) is 26.3 Å². The first-order valence-corrected chi connectivity index (χ1v) is 6.07. The van der Waals surface area contributed by atoms with Gasteiger partial charge in [0.1, 0.15) is 5.75 Å². The molecule has 0 bridgehead atoms. The summed E-state index contributed by atoms with van der Waals surface area (Å²) in [7, 11) is 0. The molecular weight excluding hydrogens is 313 g/mol. The summed E-state index contributed by atoms with van der Waals surface area (Å²) in [6.45, 7) is 1.67. The monoisotopic (exact) mass is 324 g/mol. The van der Waals surface area contributed by atoms with Gasteiger partial charge in [0, 0.05) is 10.9 Å². The second-order valence-corrected chi connectivity index (χ2v) is 4.74. The minimum Gasteiger partial charge on any atom is -0.493 e. The molecule has 6 heteroatoms. The van der Waals surface area contributed by atoms with Gasteiger partial charge < -0.3 is 4.74 Å². The van der Waals surface area contributed by atoms with Gasteiger partial charge in [-0.3, -0.25) is 4.79 Å². The molecule has 1 rings (SSSR count). The van der Waals surface area contributed by atoms with Gasteiger partial charge in [0.25, 0.3) is 0 Å². The summed E-state index contributed by atoms with van der Waals surface area (Å²) < 4.78 is 41.8. The van der Waals surface area contributed by atoms with Gasteiger partial charge in [-0.2, -0.15) is 13.2 Å². The van der Waals surface area contributed by atoms with Crippen LogP contribution in [0.3, 0.4) is 0 Å². The molecule has 0 fully saturated rings. The van der Waals surface area contributed by atoms with E-state index in [2.05, 4.69) is 15.9 Å². The van der Waals surface area contributed by atoms with Crippen molar-refractivity contribution in [1.82, 2.24) is 0 Å². The number of halogens is 4. The minimum atomic E-state index is -4.17. The van der Waals surface area contributed by atoms with Gasteiger partial charge in [0.05, 0.1) is 12.2 Å². The van der Waals surface area contributed by atoms with Crippen molar-refractivity contribution in [3.05, 3.63) is 27.7 Å². The van der Waals surface area contributed by atoms with Crippen LogP contribution >= 0.6 is 15.9 Å². The predicted octanol–water partition coefficient (Wildman–Crippen LogP) is 4.29. The largest absolute Gasteiger partial charge is 0.493 e. The van der Waals surface area contributed by atoms with Crippen LogP contribution in [-0.2, 0) is 0 Å². The second-order valence-electron chi connectivity index (χ2n) is 3.83. The molecule has 0 aliphatic rings. The molecule has 0 unspecified atom stereocenters. The highest BCUT2D eigenvalue weighted by atomic mass is 79.9. The smallest absolute Gasteiger partial charge is 0.389 e. The third-order valence-electron chi connectivity index (χ3n) is 2.25. The SMILES string of the molecule is Cc1cc(Br)cc(C=O)c1OCCCC(F)(F)F. The lowest BCUT2D eigenvalue weighted by Gasteiger charge is -2.12. The number of carbonyl (C=O) groups is 1. The Morgan fingerprint density at radius 3 is 2.61 bits per heavy atom. The van der Waals surface area contributed by atoms with Gasteiger partial charge in [-0.05, 0) is 31.0 Å². The Kier molecular flexibility index (Phi) is 5.19. The average Bonchev–Trinajstić information content (AvgIpc) is 2.24. The number of carbonyl (C=O) groups excluding carboxylic acids is 1. The summed E-state index contributed by atoms with van der Waals surface area (Å²) in [5, 5.41) is 0. The Labute approximate surface area is 111 Å². The number of aldehydes is 1. The van der Waals surface area contributed by atoms with Crippen molar-refractivity contribution >= 4 is 22.2 Å². The molecule has 0 heterocycles. The highest BCUT2D eigenvalue weighted by molar-refractivity contribution is 9.10. The molecule has 0 amide bonds. The van der Waals surface area contributed by atoms with Crippen molar-refractivity contribution in [2.75, 3.05) is 6.61 Å². The van der Waals surface area contributed by atoms with E-state index < -0.39 is 12.6 Å². The first-order valence-electron chi connectivity index (χ1n) is 5.28. The van der Waals surface area contributed by atoms with E-state index in [1.54, 1.807) is 19.1 Å². The van der Waals surface area contributed by atoms with Crippen molar-refractivity contribution in [3.8, 4) is 5.75 Å². The van der Waals surface area contributed by atoms with Crippen molar-refractivity contribution in [2.24, 2.45) is 0 Å². The molecule has 0 saturated carbocycles. The molecule has 0 N–H and O–H groups in total. The first-order chi connectivity index (χ1) is 8.33. The molecule has 0 aliphatic carbocycles. The van der Waals surface area contributed by atoms with Gasteiger partial charge in [0.2, 0.25) is 0 Å². The predicted molar refractivity (Wildman–Crippen MR) is 65.1 cm³/mol. The molecule has 2 nitrogen and oxygen atoms in total. The molecule has 1 aromatic carbocycles. The van der Waals surface area contributed by atoms with Gasteiger partial charge in [-0.25, -0.2) is 0 Å². The minimum absolute atomic E-state index is 0.0666. The Morgan fingerprint density at radius 1 is 1.39 bits per heavy atom. The Bertz CT molecular complexity index is 430. The maximum absolute atomic E-state index is 11.9. The van der Waals surface area contributed by atoms with Crippen LogP contribution in [0.15, 0.2) is 16.6 Å². The number of hydrogen-bond acceptors (Lipinski definition) is 2. The molecule has 0 aromatic heterocycles. The maximum Gasteiger partial charge on any atom is 0.389 e. The zero-order valence-electron chi connectivity index (χ0n) is 9.68. The number of benzene rings is 1. The molecule has 0 saturated heterocycles.